The Morgan fingerprint density at radius 1 is 0.897 bits per heavy atom. The number of nitrogens with zero attached hydrogens (tertiary/aromatic N) is 4. The molecule has 1 N–H and O–H groups in total. The van der Waals surface area contributed by atoms with E-state index in [4.69, 9.17) is 9.72 Å². The summed E-state index contributed by atoms with van der Waals surface area (Å²) in [6.07, 6.45) is 0. The first-order valence-electron chi connectivity index (χ1n) is 9.99. The van der Waals surface area contributed by atoms with Crippen LogP contribution in [0.5, 0.6) is 5.75 Å². The van der Waals surface area contributed by atoms with Crippen LogP contribution in [0.1, 0.15) is 11.3 Å². The Morgan fingerprint density at radius 3 is 2.34 bits per heavy atom. The van der Waals surface area contributed by atoms with Gasteiger partial charge in [-0.2, -0.15) is 4.98 Å². The fourth-order valence-corrected chi connectivity index (χ4v) is 3.64. The van der Waals surface area contributed by atoms with Crippen molar-refractivity contribution in [2.75, 3.05) is 48.4 Å². The van der Waals surface area contributed by atoms with Crippen molar-refractivity contribution in [2.45, 2.75) is 13.5 Å². The molecule has 0 amide bonds. The van der Waals surface area contributed by atoms with Crippen LogP contribution < -0.4 is 19.9 Å². The molecule has 4 rings (SSSR count). The van der Waals surface area contributed by atoms with Gasteiger partial charge in [0.2, 0.25) is 5.95 Å². The third-order valence-electron chi connectivity index (χ3n) is 5.16. The van der Waals surface area contributed by atoms with Crippen molar-refractivity contribution in [3.8, 4) is 5.75 Å². The van der Waals surface area contributed by atoms with Crippen molar-refractivity contribution in [1.29, 1.82) is 0 Å². The van der Waals surface area contributed by atoms with Crippen LogP contribution in [-0.4, -0.2) is 43.3 Å². The van der Waals surface area contributed by atoms with E-state index in [1.807, 2.05) is 37.3 Å². The van der Waals surface area contributed by atoms with Crippen LogP contribution in [0, 0.1) is 6.92 Å². The molecule has 0 aliphatic carbocycles. The summed E-state index contributed by atoms with van der Waals surface area (Å²) < 4.78 is 5.52. The van der Waals surface area contributed by atoms with E-state index in [0.29, 0.717) is 12.5 Å². The van der Waals surface area contributed by atoms with Gasteiger partial charge in [0.05, 0.1) is 12.8 Å². The summed E-state index contributed by atoms with van der Waals surface area (Å²) in [5.41, 5.74) is 3.33. The molecule has 3 aromatic rings. The van der Waals surface area contributed by atoms with Gasteiger partial charge >= 0.3 is 0 Å². The average Bonchev–Trinajstić information content (AvgIpc) is 2.78. The van der Waals surface area contributed by atoms with E-state index in [0.717, 1.165) is 49.1 Å². The van der Waals surface area contributed by atoms with Crippen LogP contribution in [0.4, 0.5) is 17.5 Å². The first-order chi connectivity index (χ1) is 14.2. The van der Waals surface area contributed by atoms with Crippen molar-refractivity contribution >= 4 is 17.5 Å². The van der Waals surface area contributed by atoms with Gasteiger partial charge in [-0.15, -0.1) is 0 Å². The van der Waals surface area contributed by atoms with Crippen LogP contribution in [0.2, 0.25) is 0 Å². The van der Waals surface area contributed by atoms with Crippen molar-refractivity contribution in [3.63, 3.8) is 0 Å². The predicted octanol–water partition coefficient (Wildman–Crippen LogP) is 3.73. The number of hydrogen-bond donors (Lipinski definition) is 1. The van der Waals surface area contributed by atoms with Crippen molar-refractivity contribution < 1.29 is 4.74 Å². The minimum atomic E-state index is 0.677. The van der Waals surface area contributed by atoms with Crippen molar-refractivity contribution in [1.82, 2.24) is 9.97 Å². The van der Waals surface area contributed by atoms with E-state index < -0.39 is 0 Å². The molecule has 150 valence electrons. The molecule has 2 heterocycles. The van der Waals surface area contributed by atoms with Gasteiger partial charge in [-0.05, 0) is 24.6 Å². The minimum Gasteiger partial charge on any atom is -0.495 e. The first kappa shape index (κ1) is 19.1. The van der Waals surface area contributed by atoms with Crippen LogP contribution in [0.3, 0.4) is 0 Å². The minimum absolute atomic E-state index is 0.677. The summed E-state index contributed by atoms with van der Waals surface area (Å²) >= 11 is 0. The molecule has 0 spiro atoms. The summed E-state index contributed by atoms with van der Waals surface area (Å²) in [6, 6.07) is 20.6. The third kappa shape index (κ3) is 4.59. The molecular formula is C23H27N5O. The fraction of sp³-hybridized carbons (Fsp3) is 0.304. The van der Waals surface area contributed by atoms with Gasteiger partial charge in [-0.3, -0.25) is 0 Å². The van der Waals surface area contributed by atoms with Gasteiger partial charge in [0.25, 0.3) is 0 Å². The summed E-state index contributed by atoms with van der Waals surface area (Å²) in [6.45, 7) is 6.40. The number of anilines is 3. The molecule has 1 aliphatic heterocycles. The van der Waals surface area contributed by atoms with E-state index in [1.54, 1.807) is 7.11 Å². The van der Waals surface area contributed by atoms with Gasteiger partial charge in [0, 0.05) is 44.5 Å². The number of hydrogen-bond acceptors (Lipinski definition) is 6. The third-order valence-corrected chi connectivity index (χ3v) is 5.16. The Morgan fingerprint density at radius 2 is 1.59 bits per heavy atom. The monoisotopic (exact) mass is 389 g/mol. The highest BCUT2D eigenvalue weighted by Gasteiger charge is 2.21. The van der Waals surface area contributed by atoms with E-state index in [1.165, 1.54) is 5.56 Å². The lowest BCUT2D eigenvalue weighted by molar-refractivity contribution is 0.413. The largest absolute Gasteiger partial charge is 0.495 e. The van der Waals surface area contributed by atoms with Crippen LogP contribution in [0.25, 0.3) is 0 Å². The van der Waals surface area contributed by atoms with Crippen LogP contribution in [-0.2, 0) is 6.54 Å². The summed E-state index contributed by atoms with van der Waals surface area (Å²) in [5.74, 6) is 2.58. The maximum atomic E-state index is 5.52. The Kier molecular flexibility index (Phi) is 5.79. The molecule has 0 unspecified atom stereocenters. The lowest BCUT2D eigenvalue weighted by atomic mass is 10.2. The van der Waals surface area contributed by atoms with Gasteiger partial charge in [0.1, 0.15) is 11.6 Å². The summed E-state index contributed by atoms with van der Waals surface area (Å²) in [7, 11) is 1.72. The molecule has 0 saturated carbocycles. The van der Waals surface area contributed by atoms with Crippen molar-refractivity contribution in [3.05, 3.63) is 71.9 Å². The molecule has 1 aromatic heterocycles. The fourth-order valence-electron chi connectivity index (χ4n) is 3.64. The zero-order valence-corrected chi connectivity index (χ0v) is 17.0. The number of nitrogens with one attached hydrogen (secondary N) is 1. The SMILES string of the molecule is COc1ccccc1N1CCN(c2cc(C)nc(NCc3ccccc3)n2)CC1. The summed E-state index contributed by atoms with van der Waals surface area (Å²) in [5, 5.41) is 3.36. The Labute approximate surface area is 172 Å². The second kappa shape index (κ2) is 8.82. The molecule has 1 saturated heterocycles. The number of benzene rings is 2. The van der Waals surface area contributed by atoms with Crippen molar-refractivity contribution in [2.24, 2.45) is 0 Å². The number of ether oxygens (including phenoxy) is 1. The number of rotatable bonds is 6. The second-order valence-corrected chi connectivity index (χ2v) is 7.18. The first-order valence-corrected chi connectivity index (χ1v) is 9.99. The molecule has 0 atom stereocenters. The Hall–Kier alpha value is -3.28. The molecule has 29 heavy (non-hydrogen) atoms. The average molecular weight is 390 g/mol. The summed E-state index contributed by atoms with van der Waals surface area (Å²) in [4.78, 5) is 14.0. The maximum absolute atomic E-state index is 5.52. The number of piperazine rings is 1. The molecule has 1 aliphatic rings. The van der Waals surface area contributed by atoms with E-state index >= 15 is 0 Å². The van der Waals surface area contributed by atoms with Gasteiger partial charge in [-0.1, -0.05) is 42.5 Å². The standard InChI is InChI=1S/C23H27N5O/c1-18-16-22(26-23(25-18)24-17-19-8-4-3-5-9-19)28-14-12-27(13-15-28)20-10-6-7-11-21(20)29-2/h3-11,16H,12-15,17H2,1-2H3,(H,24,25,26). The van der Waals surface area contributed by atoms with Gasteiger partial charge < -0.3 is 19.9 Å². The highest BCUT2D eigenvalue weighted by Crippen LogP contribution is 2.29. The molecule has 6 nitrogen and oxygen atoms in total. The normalized spacial score (nSPS) is 14.0. The van der Waals surface area contributed by atoms with Gasteiger partial charge in [-0.25, -0.2) is 4.98 Å². The molecule has 6 heteroatoms. The zero-order chi connectivity index (χ0) is 20.1. The number of para-hydroxylation sites is 2. The van der Waals surface area contributed by atoms with Crippen LogP contribution >= 0.6 is 0 Å². The predicted molar refractivity (Wildman–Crippen MR) is 118 cm³/mol. The lowest BCUT2D eigenvalue weighted by Crippen LogP contribution is -2.47. The Balaban J connectivity index is 1.42. The molecule has 2 aromatic carbocycles. The van der Waals surface area contributed by atoms with E-state index in [-0.39, 0.29) is 0 Å². The second-order valence-electron chi connectivity index (χ2n) is 7.18. The lowest BCUT2D eigenvalue weighted by Gasteiger charge is -2.37. The number of aryl methyl sites for hydroxylation is 1. The topological polar surface area (TPSA) is 53.5 Å². The Bertz CT molecular complexity index is 939. The maximum Gasteiger partial charge on any atom is 0.225 e. The zero-order valence-electron chi connectivity index (χ0n) is 17.0. The van der Waals surface area contributed by atoms with Crippen LogP contribution in [0.15, 0.2) is 60.7 Å². The highest BCUT2D eigenvalue weighted by atomic mass is 16.5. The quantitative estimate of drug-likeness (QED) is 0.693. The molecule has 1 fully saturated rings. The highest BCUT2D eigenvalue weighted by molar-refractivity contribution is 5.59. The molecule has 0 radical (unpaired) electrons. The molecule has 0 bridgehead atoms. The molecular weight excluding hydrogens is 362 g/mol. The van der Waals surface area contributed by atoms with E-state index in [9.17, 15) is 0 Å². The van der Waals surface area contributed by atoms with Gasteiger partial charge in [0.15, 0.2) is 0 Å². The number of methoxy groups -OCH3 is 1. The smallest absolute Gasteiger partial charge is 0.225 e. The number of aromatic nitrogens is 2. The van der Waals surface area contributed by atoms with E-state index in [2.05, 4.69) is 50.4 Å².